The van der Waals surface area contributed by atoms with E-state index in [1.807, 2.05) is 115 Å². The number of nitrogens with zero attached hydrogens (tertiary/aromatic N) is 15. The molecule has 0 saturated carbocycles. The molecule has 147 heavy (non-hydrogen) atoms. The molecule has 0 aliphatic heterocycles. The van der Waals surface area contributed by atoms with Crippen molar-refractivity contribution in [2.75, 3.05) is 0 Å². The van der Waals surface area contributed by atoms with E-state index in [0.29, 0.717) is 39.1 Å². The lowest BCUT2D eigenvalue weighted by Gasteiger charge is -2.14. The van der Waals surface area contributed by atoms with Gasteiger partial charge in [-0.05, 0) is 194 Å². The zero-order valence-electron chi connectivity index (χ0n) is 78.5. The second kappa shape index (κ2) is 33.2. The van der Waals surface area contributed by atoms with Crippen LogP contribution in [0.4, 0.5) is 0 Å². The van der Waals surface area contributed by atoms with Crippen molar-refractivity contribution in [2.24, 2.45) is 0 Å². The van der Waals surface area contributed by atoms with Crippen LogP contribution in [0.15, 0.2) is 455 Å². The molecule has 30 aromatic rings. The van der Waals surface area contributed by atoms with Crippen molar-refractivity contribution >= 4 is 196 Å². The van der Waals surface area contributed by atoms with Crippen molar-refractivity contribution in [1.82, 2.24) is 41.1 Å². The summed E-state index contributed by atoms with van der Waals surface area (Å²) in [6.07, 6.45) is 0. The molecule has 0 fully saturated rings. The van der Waals surface area contributed by atoms with E-state index in [9.17, 15) is 31.6 Å². The standard InChI is InChI=1S/3C44H25N5/c45-26-28-12-11-13-29(27-46)42(28)49-43-32(22-24-38-40(43)34-18-7-9-20-36(34)47(38)30-14-3-1-4-15-30)33-23-25-39-41(44(33)49)35-19-8-10-21-37(35)48(39)31-16-5-2-6-17-31;45-26-28-12-7-9-19-35(28)49-36-20-10-8-18-34(36)41-38(49)24-22-32-33-23-25-39-42(44(33)48(43(32)41)31-16-5-2-6-17-31)40-29(27-46)13-11-21-37(40)47(39)30-14-3-1-4-15-30;45-26-28-11-10-15-31(25-28)48-38-20-9-6-17-35(38)42-40(48)24-22-33-32-21-23-39-41(43(32)49(44(33)42)36-18-7-4-12-29(36)27-46)34-16-5-8-19-37(34)47(39)30-13-2-1-3-14-30/h3*1-25H. The summed E-state index contributed by atoms with van der Waals surface area (Å²) in [6.45, 7) is 0. The van der Waals surface area contributed by atoms with Gasteiger partial charge in [0.2, 0.25) is 0 Å². The fourth-order valence-corrected chi connectivity index (χ4v) is 23.9. The van der Waals surface area contributed by atoms with Gasteiger partial charge in [-0.2, -0.15) is 31.6 Å². The first-order valence-corrected chi connectivity index (χ1v) is 48.7. The van der Waals surface area contributed by atoms with Crippen LogP contribution in [0.25, 0.3) is 247 Å². The number of benzene rings is 21. The minimum Gasteiger partial charge on any atom is -0.309 e. The van der Waals surface area contributed by atoms with Crippen LogP contribution in [-0.2, 0) is 0 Å². The second-order valence-electron chi connectivity index (χ2n) is 37.1. The Hall–Kier alpha value is -21.2. The van der Waals surface area contributed by atoms with Gasteiger partial charge in [0.05, 0.1) is 162 Å². The highest BCUT2D eigenvalue weighted by Gasteiger charge is 2.33. The van der Waals surface area contributed by atoms with Crippen LogP contribution in [0.2, 0.25) is 0 Å². The van der Waals surface area contributed by atoms with Crippen LogP contribution >= 0.6 is 0 Å². The number of aromatic nitrogens is 9. The molecule has 0 unspecified atom stereocenters. The van der Waals surface area contributed by atoms with E-state index in [1.54, 1.807) is 6.07 Å². The molecular formula is C132H75N15. The third kappa shape index (κ3) is 12.3. The molecule has 0 amide bonds. The molecule has 9 heterocycles. The van der Waals surface area contributed by atoms with E-state index in [2.05, 4.69) is 411 Å². The SMILES string of the molecule is N#Cc1cccc(-n2c3ccccc3c3c2ccc2c4ccc5c(c6ccccc6n5-c5ccccc5)c4n(-c4ccccc4C#N)c23)c1.N#Cc1cccc(C#N)c1-n1c2c(ccc3c2c2ccccc2n3-c2ccccc2)c2ccc3c(c4ccccc4n3-c3ccccc3)c21.N#Cc1ccccc1-n1c2ccccc2c2c1ccc1c3ccc4c(c5c(C#N)cccc5n4-c4ccccc4)c3n(-c3ccccc3)c12. The summed E-state index contributed by atoms with van der Waals surface area (Å²) >= 11 is 0. The predicted octanol–water partition coefficient (Wildman–Crippen LogP) is 32.2. The van der Waals surface area contributed by atoms with Crippen LogP contribution in [0.1, 0.15) is 33.4 Å². The molecule has 0 aliphatic rings. The average molecular weight is 1870 g/mol. The Balaban J connectivity index is 0.000000107. The Kier molecular flexibility index (Phi) is 19.0. The quantitative estimate of drug-likeness (QED) is 0.138. The molecule has 15 nitrogen and oxygen atoms in total. The first-order valence-electron chi connectivity index (χ1n) is 48.7. The highest BCUT2D eigenvalue weighted by molar-refractivity contribution is 6.36. The highest BCUT2D eigenvalue weighted by Crippen LogP contribution is 2.53. The van der Waals surface area contributed by atoms with Gasteiger partial charge in [0.1, 0.15) is 24.3 Å². The monoisotopic (exact) mass is 1870 g/mol. The molecule has 9 aromatic heterocycles. The van der Waals surface area contributed by atoms with Gasteiger partial charge in [-0.25, -0.2) is 0 Å². The van der Waals surface area contributed by atoms with Crippen molar-refractivity contribution < 1.29 is 0 Å². The maximum Gasteiger partial charge on any atom is 0.101 e. The molecule has 21 aromatic carbocycles. The van der Waals surface area contributed by atoms with E-state index in [1.165, 1.54) is 0 Å². The number of fused-ring (bicyclic) bond motifs is 33. The summed E-state index contributed by atoms with van der Waals surface area (Å²) in [6, 6.07) is 171. The van der Waals surface area contributed by atoms with Crippen molar-refractivity contribution in [3.63, 3.8) is 0 Å². The number of para-hydroxylation sites is 13. The fraction of sp³-hybridized carbons (Fsp3) is 0. The molecular weight excluding hydrogens is 1800 g/mol. The summed E-state index contributed by atoms with van der Waals surface area (Å²) < 4.78 is 20.7. The van der Waals surface area contributed by atoms with E-state index in [4.69, 9.17) is 0 Å². The summed E-state index contributed by atoms with van der Waals surface area (Å²) in [5.74, 6) is 0. The zero-order chi connectivity index (χ0) is 97.9. The number of nitriles is 6. The second-order valence-corrected chi connectivity index (χ2v) is 37.1. The van der Waals surface area contributed by atoms with E-state index in [-0.39, 0.29) is 0 Å². The Labute approximate surface area is 839 Å². The van der Waals surface area contributed by atoms with Crippen LogP contribution < -0.4 is 0 Å². The van der Waals surface area contributed by atoms with Gasteiger partial charge >= 0.3 is 0 Å². The van der Waals surface area contributed by atoms with Gasteiger partial charge in [0.25, 0.3) is 0 Å². The first-order chi connectivity index (χ1) is 72.8. The number of rotatable bonds is 9. The number of hydrogen-bond acceptors (Lipinski definition) is 6. The molecule has 0 saturated heterocycles. The maximum absolute atomic E-state index is 10.6. The first kappa shape index (κ1) is 83.9. The van der Waals surface area contributed by atoms with Crippen LogP contribution in [0, 0.1) is 68.0 Å². The van der Waals surface area contributed by atoms with E-state index < -0.39 is 0 Å². The minimum absolute atomic E-state index is 0.449. The van der Waals surface area contributed by atoms with Gasteiger partial charge in [0, 0.05) is 131 Å². The molecule has 30 rings (SSSR count). The van der Waals surface area contributed by atoms with Gasteiger partial charge in [0.15, 0.2) is 0 Å². The molecule has 678 valence electrons. The van der Waals surface area contributed by atoms with Crippen molar-refractivity contribution in [1.29, 1.82) is 31.6 Å². The van der Waals surface area contributed by atoms with Gasteiger partial charge in [-0.15, -0.1) is 0 Å². The van der Waals surface area contributed by atoms with E-state index >= 15 is 0 Å². The Morgan fingerprint density at radius 2 is 0.374 bits per heavy atom. The normalized spacial score (nSPS) is 11.6. The Bertz CT molecular complexity index is 11000. The predicted molar refractivity (Wildman–Crippen MR) is 597 cm³/mol. The summed E-state index contributed by atoms with van der Waals surface area (Å²) in [5, 5.41) is 81.7. The minimum atomic E-state index is 0.449. The number of hydrogen-bond donors (Lipinski definition) is 0. The van der Waals surface area contributed by atoms with Crippen LogP contribution in [0.3, 0.4) is 0 Å². The maximum atomic E-state index is 10.6. The molecule has 0 bridgehead atoms. The smallest absolute Gasteiger partial charge is 0.101 e. The Morgan fingerprint density at radius 3 is 0.741 bits per heavy atom. The van der Waals surface area contributed by atoms with Crippen LogP contribution in [-0.4, -0.2) is 41.1 Å². The van der Waals surface area contributed by atoms with Gasteiger partial charge < -0.3 is 41.1 Å². The largest absolute Gasteiger partial charge is 0.309 e. The molecule has 0 radical (unpaired) electrons. The summed E-state index contributed by atoms with van der Waals surface area (Å²) in [5.41, 5.74) is 30.8. The van der Waals surface area contributed by atoms with Crippen LogP contribution in [0.5, 0.6) is 0 Å². The van der Waals surface area contributed by atoms with Crippen molar-refractivity contribution in [2.45, 2.75) is 0 Å². The highest BCUT2D eigenvalue weighted by atomic mass is 15.1. The molecule has 15 heteroatoms. The zero-order valence-corrected chi connectivity index (χ0v) is 78.5. The molecule has 0 atom stereocenters. The summed E-state index contributed by atoms with van der Waals surface area (Å²) in [4.78, 5) is 0. The third-order valence-electron chi connectivity index (χ3n) is 29.7. The lowest BCUT2D eigenvalue weighted by molar-refractivity contribution is 1.16. The topological polar surface area (TPSA) is 187 Å². The summed E-state index contributed by atoms with van der Waals surface area (Å²) in [7, 11) is 0. The molecule has 0 aliphatic carbocycles. The average Bonchev–Trinajstić information content (AvgIpc) is 1.53. The molecule has 0 spiro atoms. The van der Waals surface area contributed by atoms with Gasteiger partial charge in [-0.3, -0.25) is 0 Å². The Morgan fingerprint density at radius 1 is 0.136 bits per heavy atom. The van der Waals surface area contributed by atoms with E-state index in [0.717, 1.165) is 242 Å². The van der Waals surface area contributed by atoms with Gasteiger partial charge in [-0.1, -0.05) is 261 Å². The van der Waals surface area contributed by atoms with Crippen molar-refractivity contribution in [3.8, 4) is 87.6 Å². The molecule has 0 N–H and O–H groups in total. The lowest BCUT2D eigenvalue weighted by Crippen LogP contribution is -2.02. The lowest BCUT2D eigenvalue weighted by atomic mass is 10.0. The van der Waals surface area contributed by atoms with Crippen molar-refractivity contribution in [3.05, 3.63) is 488 Å². The fourth-order valence-electron chi connectivity index (χ4n) is 23.9. The third-order valence-corrected chi connectivity index (χ3v) is 29.7.